The van der Waals surface area contributed by atoms with E-state index in [0.717, 1.165) is 12.5 Å². The number of nitrogens with one attached hydrogen (secondary N) is 1. The van der Waals surface area contributed by atoms with Gasteiger partial charge < -0.3 is 5.32 Å². The second kappa shape index (κ2) is 3.97. The first-order valence-electron chi connectivity index (χ1n) is 5.39. The van der Waals surface area contributed by atoms with E-state index in [1.807, 2.05) is 0 Å². The second-order valence-electron chi connectivity index (χ2n) is 5.42. The molecule has 0 bridgehead atoms. The number of piperazine rings is 1. The van der Waals surface area contributed by atoms with Gasteiger partial charge in [0.1, 0.15) is 0 Å². The largest absolute Gasteiger partial charge is 0.311 e. The Morgan fingerprint density at radius 3 is 2.38 bits per heavy atom. The molecule has 0 amide bonds. The van der Waals surface area contributed by atoms with Crippen molar-refractivity contribution in [3.05, 3.63) is 0 Å². The molecule has 78 valence electrons. The fraction of sp³-hybridized carbons (Fsp3) is 1.00. The van der Waals surface area contributed by atoms with Crippen molar-refractivity contribution in [2.45, 2.75) is 46.2 Å². The molecule has 0 aromatic rings. The predicted molar refractivity (Wildman–Crippen MR) is 58.0 cm³/mol. The molecule has 1 rings (SSSR count). The van der Waals surface area contributed by atoms with E-state index in [-0.39, 0.29) is 0 Å². The summed E-state index contributed by atoms with van der Waals surface area (Å²) in [6.45, 7) is 15.0. The van der Waals surface area contributed by atoms with Crippen molar-refractivity contribution in [2.24, 2.45) is 5.92 Å². The minimum absolute atomic E-state index is 0.329. The zero-order chi connectivity index (χ0) is 10.1. The van der Waals surface area contributed by atoms with Gasteiger partial charge in [-0.25, -0.2) is 0 Å². The Morgan fingerprint density at radius 1 is 1.31 bits per heavy atom. The van der Waals surface area contributed by atoms with Gasteiger partial charge in [-0.15, -0.1) is 0 Å². The van der Waals surface area contributed by atoms with Crippen LogP contribution in [0.25, 0.3) is 0 Å². The highest BCUT2D eigenvalue weighted by Crippen LogP contribution is 2.17. The zero-order valence-corrected chi connectivity index (χ0v) is 9.72. The van der Waals surface area contributed by atoms with Crippen LogP contribution in [0, 0.1) is 5.92 Å². The van der Waals surface area contributed by atoms with Crippen molar-refractivity contribution >= 4 is 0 Å². The lowest BCUT2D eigenvalue weighted by Crippen LogP contribution is -2.58. The van der Waals surface area contributed by atoms with Crippen molar-refractivity contribution in [1.29, 1.82) is 0 Å². The molecule has 13 heavy (non-hydrogen) atoms. The summed E-state index contributed by atoms with van der Waals surface area (Å²) in [7, 11) is 0. The molecule has 0 aromatic carbocycles. The Bertz CT molecular complexity index is 158. The van der Waals surface area contributed by atoms with Gasteiger partial charge in [0.2, 0.25) is 0 Å². The van der Waals surface area contributed by atoms with Gasteiger partial charge >= 0.3 is 0 Å². The summed E-state index contributed by atoms with van der Waals surface area (Å²) >= 11 is 0. The average Bonchev–Trinajstić information content (AvgIpc) is 2.03. The van der Waals surface area contributed by atoms with Crippen LogP contribution in [0.15, 0.2) is 0 Å². The fourth-order valence-electron chi connectivity index (χ4n) is 1.83. The molecule has 1 fully saturated rings. The molecule has 1 aliphatic heterocycles. The highest BCUT2D eigenvalue weighted by molar-refractivity contribution is 4.86. The van der Waals surface area contributed by atoms with E-state index in [4.69, 9.17) is 0 Å². The van der Waals surface area contributed by atoms with Gasteiger partial charge in [0.05, 0.1) is 0 Å². The summed E-state index contributed by atoms with van der Waals surface area (Å²) in [5, 5.41) is 3.58. The Hall–Kier alpha value is -0.0800. The lowest BCUT2D eigenvalue weighted by atomic mass is 9.97. The van der Waals surface area contributed by atoms with E-state index in [2.05, 4.69) is 44.8 Å². The third-order valence-electron chi connectivity index (χ3n) is 2.96. The van der Waals surface area contributed by atoms with Crippen molar-refractivity contribution in [3.63, 3.8) is 0 Å². The Kier molecular flexibility index (Phi) is 3.36. The summed E-state index contributed by atoms with van der Waals surface area (Å²) in [4.78, 5) is 2.58. The highest BCUT2D eigenvalue weighted by Gasteiger charge is 2.28. The Morgan fingerprint density at radius 2 is 1.92 bits per heavy atom. The van der Waals surface area contributed by atoms with Crippen LogP contribution in [-0.2, 0) is 0 Å². The van der Waals surface area contributed by atoms with Crippen molar-refractivity contribution < 1.29 is 0 Å². The fourth-order valence-corrected chi connectivity index (χ4v) is 1.83. The van der Waals surface area contributed by atoms with Crippen LogP contribution in [0.2, 0.25) is 0 Å². The lowest BCUT2D eigenvalue weighted by molar-refractivity contribution is 0.0839. The van der Waals surface area contributed by atoms with Crippen molar-refractivity contribution in [1.82, 2.24) is 10.2 Å². The molecule has 0 aromatic heterocycles. The maximum atomic E-state index is 3.58. The summed E-state index contributed by atoms with van der Waals surface area (Å²) in [5.74, 6) is 0.741. The van der Waals surface area contributed by atoms with Gasteiger partial charge in [-0.3, -0.25) is 4.90 Å². The zero-order valence-electron chi connectivity index (χ0n) is 9.72. The minimum Gasteiger partial charge on any atom is -0.311 e. The van der Waals surface area contributed by atoms with Gasteiger partial charge in [-0.1, -0.05) is 13.8 Å². The summed E-state index contributed by atoms with van der Waals surface area (Å²) in [6, 6.07) is 0.674. The van der Waals surface area contributed by atoms with E-state index in [1.165, 1.54) is 13.1 Å². The van der Waals surface area contributed by atoms with E-state index in [9.17, 15) is 0 Å². The highest BCUT2D eigenvalue weighted by atomic mass is 15.2. The molecule has 0 spiro atoms. The van der Waals surface area contributed by atoms with E-state index < -0.39 is 0 Å². The Labute approximate surface area is 82.7 Å². The SMILES string of the molecule is CC(C)[C@@H]1CN(C(C)(C)C)CCN1. The molecule has 1 N–H and O–H groups in total. The maximum Gasteiger partial charge on any atom is 0.0218 e. The van der Waals surface area contributed by atoms with Crippen molar-refractivity contribution in [3.8, 4) is 0 Å². The van der Waals surface area contributed by atoms with Crippen LogP contribution in [0.1, 0.15) is 34.6 Å². The molecule has 1 saturated heterocycles. The molecular formula is C11H24N2. The molecule has 2 nitrogen and oxygen atoms in total. The average molecular weight is 184 g/mol. The molecule has 0 unspecified atom stereocenters. The molecule has 0 radical (unpaired) electrons. The molecule has 1 heterocycles. The van der Waals surface area contributed by atoms with Gasteiger partial charge in [-0.2, -0.15) is 0 Å². The van der Waals surface area contributed by atoms with E-state index in [1.54, 1.807) is 0 Å². The Balaban J connectivity index is 2.52. The molecular weight excluding hydrogens is 160 g/mol. The van der Waals surface area contributed by atoms with Gasteiger partial charge in [-0.05, 0) is 26.7 Å². The molecule has 1 aliphatic rings. The van der Waals surface area contributed by atoms with Gasteiger partial charge in [0.15, 0.2) is 0 Å². The standard InChI is InChI=1S/C11H24N2/c1-9(2)10-8-13(7-6-12-10)11(3,4)5/h9-10,12H,6-8H2,1-5H3/t10-/m0/s1. The van der Waals surface area contributed by atoms with E-state index in [0.29, 0.717) is 11.6 Å². The first-order chi connectivity index (χ1) is 5.91. The van der Waals surface area contributed by atoms with Crippen molar-refractivity contribution in [2.75, 3.05) is 19.6 Å². The van der Waals surface area contributed by atoms with Crippen LogP contribution in [0.5, 0.6) is 0 Å². The minimum atomic E-state index is 0.329. The molecule has 0 saturated carbocycles. The first kappa shape index (κ1) is 11.0. The monoisotopic (exact) mass is 184 g/mol. The quantitative estimate of drug-likeness (QED) is 0.667. The number of hydrogen-bond acceptors (Lipinski definition) is 2. The smallest absolute Gasteiger partial charge is 0.0218 e. The molecule has 2 heteroatoms. The normalized spacial score (nSPS) is 26.8. The second-order valence-corrected chi connectivity index (χ2v) is 5.42. The van der Waals surface area contributed by atoms with Crippen LogP contribution < -0.4 is 5.32 Å². The van der Waals surface area contributed by atoms with Crippen LogP contribution in [0.3, 0.4) is 0 Å². The van der Waals surface area contributed by atoms with Gasteiger partial charge in [0.25, 0.3) is 0 Å². The number of hydrogen-bond donors (Lipinski definition) is 1. The first-order valence-corrected chi connectivity index (χ1v) is 5.39. The summed E-state index contributed by atoms with van der Waals surface area (Å²) < 4.78 is 0. The molecule has 0 aliphatic carbocycles. The molecule has 1 atom stereocenters. The topological polar surface area (TPSA) is 15.3 Å². The third kappa shape index (κ3) is 2.96. The maximum absolute atomic E-state index is 3.58. The van der Waals surface area contributed by atoms with Crippen LogP contribution in [-0.4, -0.2) is 36.1 Å². The summed E-state index contributed by atoms with van der Waals surface area (Å²) in [6.07, 6.45) is 0. The van der Waals surface area contributed by atoms with Crippen LogP contribution in [0.4, 0.5) is 0 Å². The predicted octanol–water partition coefficient (Wildman–Crippen LogP) is 1.71. The summed E-state index contributed by atoms with van der Waals surface area (Å²) in [5.41, 5.74) is 0.329. The van der Waals surface area contributed by atoms with E-state index >= 15 is 0 Å². The number of rotatable bonds is 1. The third-order valence-corrected chi connectivity index (χ3v) is 2.96. The van der Waals surface area contributed by atoms with Gasteiger partial charge in [0, 0.05) is 31.2 Å². The lowest BCUT2D eigenvalue weighted by Gasteiger charge is -2.43. The van der Waals surface area contributed by atoms with Crippen LogP contribution >= 0.6 is 0 Å². The number of nitrogens with zero attached hydrogens (tertiary/aromatic N) is 1.